The molecule has 0 aromatic heterocycles. The predicted octanol–water partition coefficient (Wildman–Crippen LogP) is 1.06. The number of ether oxygens (including phenoxy) is 1. The summed E-state index contributed by atoms with van der Waals surface area (Å²) in [6, 6.07) is 0.194. The van der Waals surface area contributed by atoms with Gasteiger partial charge in [-0.3, -0.25) is 0 Å². The Morgan fingerprint density at radius 2 is 2.11 bits per heavy atom. The van der Waals surface area contributed by atoms with E-state index in [2.05, 4.69) is 5.32 Å². The van der Waals surface area contributed by atoms with Crippen LogP contribution in [0.25, 0.3) is 0 Å². The third-order valence-electron chi connectivity index (χ3n) is 4.25. The van der Waals surface area contributed by atoms with Crippen LogP contribution in [0.4, 0.5) is 4.79 Å². The molecule has 2 N–H and O–H groups in total. The van der Waals surface area contributed by atoms with Crippen LogP contribution in [0, 0.1) is 5.92 Å². The number of aliphatic carboxylic acids is 1. The number of carbonyl (C=O) groups excluding carboxylic acids is 1. The number of urea groups is 1. The molecule has 1 aliphatic heterocycles. The van der Waals surface area contributed by atoms with Gasteiger partial charge < -0.3 is 20.1 Å². The monoisotopic (exact) mass is 270 g/mol. The number of likely N-dealkylation sites (tertiary alicyclic amines) is 1. The molecule has 0 aromatic rings. The van der Waals surface area contributed by atoms with Gasteiger partial charge in [-0.1, -0.05) is 6.42 Å². The molecule has 108 valence electrons. The predicted molar refractivity (Wildman–Crippen MR) is 68.9 cm³/mol. The van der Waals surface area contributed by atoms with Crippen LogP contribution in [0.15, 0.2) is 0 Å². The number of nitrogens with zero attached hydrogens (tertiary/aromatic N) is 1. The van der Waals surface area contributed by atoms with Crippen molar-refractivity contribution in [2.24, 2.45) is 5.92 Å². The first-order chi connectivity index (χ1) is 9.13. The zero-order valence-electron chi connectivity index (χ0n) is 11.3. The molecular weight excluding hydrogens is 248 g/mol. The van der Waals surface area contributed by atoms with Gasteiger partial charge in [0.25, 0.3) is 0 Å². The standard InChI is InChI=1S/C13H22N2O4/c1-19-11(12(16)17)8-14-13(18)15-7-3-5-9-4-2-6-10(9)15/h9-11H,2-8H2,1H3,(H,14,18)(H,16,17). The van der Waals surface area contributed by atoms with Gasteiger partial charge in [0.2, 0.25) is 0 Å². The molecule has 0 bridgehead atoms. The van der Waals surface area contributed by atoms with Gasteiger partial charge in [-0.2, -0.15) is 0 Å². The van der Waals surface area contributed by atoms with E-state index in [1.165, 1.54) is 26.4 Å². The summed E-state index contributed by atoms with van der Waals surface area (Å²) >= 11 is 0. The lowest BCUT2D eigenvalue weighted by Gasteiger charge is -2.37. The van der Waals surface area contributed by atoms with Crippen molar-refractivity contribution in [1.82, 2.24) is 10.2 Å². The van der Waals surface area contributed by atoms with Gasteiger partial charge in [-0.15, -0.1) is 0 Å². The van der Waals surface area contributed by atoms with Crippen LogP contribution in [0.1, 0.15) is 32.1 Å². The third-order valence-corrected chi connectivity index (χ3v) is 4.25. The smallest absolute Gasteiger partial charge is 0.334 e. The summed E-state index contributed by atoms with van der Waals surface area (Å²) in [5.41, 5.74) is 0. The Labute approximate surface area is 113 Å². The fraction of sp³-hybridized carbons (Fsp3) is 0.846. The zero-order valence-corrected chi connectivity index (χ0v) is 11.3. The number of carboxylic acid groups (broad SMARTS) is 1. The summed E-state index contributed by atoms with van der Waals surface area (Å²) in [7, 11) is 1.33. The van der Waals surface area contributed by atoms with Gasteiger partial charge in [0, 0.05) is 19.7 Å². The van der Waals surface area contributed by atoms with Gasteiger partial charge in [0.1, 0.15) is 0 Å². The lowest BCUT2D eigenvalue weighted by molar-refractivity contribution is -0.148. The van der Waals surface area contributed by atoms with Crippen LogP contribution in [-0.2, 0) is 9.53 Å². The first-order valence-corrected chi connectivity index (χ1v) is 6.93. The van der Waals surface area contributed by atoms with Crippen molar-refractivity contribution < 1.29 is 19.4 Å². The Balaban J connectivity index is 1.87. The van der Waals surface area contributed by atoms with E-state index < -0.39 is 12.1 Å². The zero-order chi connectivity index (χ0) is 13.8. The van der Waals surface area contributed by atoms with Gasteiger partial charge >= 0.3 is 12.0 Å². The number of fused-ring (bicyclic) bond motifs is 1. The number of rotatable bonds is 4. The summed E-state index contributed by atoms with van der Waals surface area (Å²) in [6.45, 7) is 0.788. The molecule has 2 fully saturated rings. The van der Waals surface area contributed by atoms with Crippen LogP contribution in [0.5, 0.6) is 0 Å². The summed E-state index contributed by atoms with van der Waals surface area (Å²) in [5, 5.41) is 11.5. The molecule has 1 saturated carbocycles. The van der Waals surface area contributed by atoms with Crippen LogP contribution < -0.4 is 5.32 Å². The fourth-order valence-corrected chi connectivity index (χ4v) is 3.26. The van der Waals surface area contributed by atoms with Crippen molar-refractivity contribution in [2.45, 2.75) is 44.2 Å². The van der Waals surface area contributed by atoms with Gasteiger partial charge in [-0.25, -0.2) is 9.59 Å². The molecule has 19 heavy (non-hydrogen) atoms. The van der Waals surface area contributed by atoms with E-state index in [-0.39, 0.29) is 12.6 Å². The number of methoxy groups -OCH3 is 1. The summed E-state index contributed by atoms with van der Waals surface area (Å²) in [6.07, 6.45) is 4.75. The maximum atomic E-state index is 12.2. The Kier molecular flexibility index (Phi) is 4.63. The van der Waals surface area contributed by atoms with Crippen molar-refractivity contribution >= 4 is 12.0 Å². The van der Waals surface area contributed by atoms with Gasteiger partial charge in [-0.05, 0) is 31.6 Å². The average Bonchev–Trinajstić information content (AvgIpc) is 2.86. The Morgan fingerprint density at radius 3 is 2.79 bits per heavy atom. The van der Waals surface area contributed by atoms with Crippen LogP contribution >= 0.6 is 0 Å². The van der Waals surface area contributed by atoms with Crippen molar-refractivity contribution in [2.75, 3.05) is 20.2 Å². The van der Waals surface area contributed by atoms with Crippen molar-refractivity contribution in [3.05, 3.63) is 0 Å². The molecule has 1 aliphatic carbocycles. The van der Waals surface area contributed by atoms with Crippen LogP contribution in [-0.4, -0.2) is 54.4 Å². The van der Waals surface area contributed by atoms with E-state index in [0.717, 1.165) is 19.4 Å². The number of piperidine rings is 1. The maximum absolute atomic E-state index is 12.2. The normalized spacial score (nSPS) is 27.7. The lowest BCUT2D eigenvalue weighted by Crippen LogP contribution is -2.52. The summed E-state index contributed by atoms with van der Waals surface area (Å²) in [4.78, 5) is 24.8. The molecule has 1 heterocycles. The topological polar surface area (TPSA) is 78.9 Å². The molecule has 2 aliphatic rings. The van der Waals surface area contributed by atoms with E-state index in [1.54, 1.807) is 0 Å². The summed E-state index contributed by atoms with van der Waals surface area (Å²) in [5.74, 6) is -0.419. The highest BCUT2D eigenvalue weighted by Gasteiger charge is 2.37. The van der Waals surface area contributed by atoms with E-state index in [9.17, 15) is 9.59 Å². The van der Waals surface area contributed by atoms with E-state index >= 15 is 0 Å². The van der Waals surface area contributed by atoms with Crippen molar-refractivity contribution in [3.8, 4) is 0 Å². The molecule has 6 heteroatoms. The maximum Gasteiger partial charge on any atom is 0.334 e. The number of carbonyl (C=O) groups is 2. The highest BCUT2D eigenvalue weighted by Crippen LogP contribution is 2.36. The number of hydrogen-bond acceptors (Lipinski definition) is 3. The molecule has 1 saturated heterocycles. The largest absolute Gasteiger partial charge is 0.479 e. The summed E-state index contributed by atoms with van der Waals surface area (Å²) < 4.78 is 4.80. The second-order valence-electron chi connectivity index (χ2n) is 5.34. The highest BCUT2D eigenvalue weighted by atomic mass is 16.5. The number of carboxylic acids is 1. The molecule has 6 nitrogen and oxygen atoms in total. The third kappa shape index (κ3) is 3.18. The average molecular weight is 270 g/mol. The quantitative estimate of drug-likeness (QED) is 0.800. The van der Waals surface area contributed by atoms with Gasteiger partial charge in [0.15, 0.2) is 6.10 Å². The number of hydrogen-bond donors (Lipinski definition) is 2. The number of nitrogens with one attached hydrogen (secondary N) is 1. The first kappa shape index (κ1) is 14.1. The minimum absolute atomic E-state index is 0.0125. The Bertz CT molecular complexity index is 348. The second-order valence-corrected chi connectivity index (χ2v) is 5.34. The van der Waals surface area contributed by atoms with Crippen molar-refractivity contribution in [1.29, 1.82) is 0 Å². The van der Waals surface area contributed by atoms with Gasteiger partial charge in [0.05, 0.1) is 6.54 Å². The van der Waals surface area contributed by atoms with Crippen LogP contribution in [0.2, 0.25) is 0 Å². The first-order valence-electron chi connectivity index (χ1n) is 6.93. The molecule has 3 unspecified atom stereocenters. The Hall–Kier alpha value is -1.30. The molecule has 0 spiro atoms. The molecule has 2 amide bonds. The molecular formula is C13H22N2O4. The van der Waals surface area contributed by atoms with E-state index in [0.29, 0.717) is 12.0 Å². The molecule has 3 atom stereocenters. The molecule has 0 aromatic carbocycles. The molecule has 2 rings (SSSR count). The van der Waals surface area contributed by atoms with Crippen LogP contribution in [0.3, 0.4) is 0 Å². The van der Waals surface area contributed by atoms with E-state index in [4.69, 9.17) is 9.84 Å². The van der Waals surface area contributed by atoms with E-state index in [1.807, 2.05) is 4.90 Å². The second kappa shape index (κ2) is 6.23. The highest BCUT2D eigenvalue weighted by molar-refractivity contribution is 5.77. The SMILES string of the molecule is COC(CNC(=O)N1CCCC2CCCC21)C(=O)O. The minimum atomic E-state index is -1.06. The number of amides is 2. The van der Waals surface area contributed by atoms with Crippen molar-refractivity contribution in [3.63, 3.8) is 0 Å². The minimum Gasteiger partial charge on any atom is -0.479 e. The molecule has 0 radical (unpaired) electrons. The Morgan fingerprint density at radius 1 is 1.37 bits per heavy atom. The fourth-order valence-electron chi connectivity index (χ4n) is 3.26. The lowest BCUT2D eigenvalue weighted by atomic mass is 9.92.